The maximum Gasteiger partial charge on any atom is 0.219 e. The monoisotopic (exact) mass is 423 g/mol. The molecule has 1 amide bonds. The zero-order chi connectivity index (χ0) is 21.9. The van der Waals surface area contributed by atoms with Crippen molar-refractivity contribution in [3.05, 3.63) is 54.4 Å². The highest BCUT2D eigenvalue weighted by Crippen LogP contribution is 2.26. The average Bonchev–Trinajstić information content (AvgIpc) is 3.14. The number of fused-ring (bicyclic) bond motifs is 1. The molecule has 0 aliphatic heterocycles. The molecule has 1 heterocycles. The molecule has 3 aromatic rings. The third kappa shape index (κ3) is 6.48. The fraction of sp³-hybridized carbons (Fsp3) is 0.440. The van der Waals surface area contributed by atoms with Gasteiger partial charge in [0.15, 0.2) is 11.5 Å². The van der Waals surface area contributed by atoms with Crippen molar-refractivity contribution >= 4 is 16.9 Å². The highest BCUT2D eigenvalue weighted by Gasteiger charge is 2.11. The molecule has 6 nitrogen and oxygen atoms in total. The zero-order valence-corrected chi connectivity index (χ0v) is 18.6. The number of carbonyl (C=O) groups excluding carboxylic acids is 1. The average molecular weight is 424 g/mol. The van der Waals surface area contributed by atoms with Gasteiger partial charge in [-0.3, -0.25) is 4.79 Å². The van der Waals surface area contributed by atoms with Crippen molar-refractivity contribution in [1.82, 2.24) is 14.9 Å². The highest BCUT2D eigenvalue weighted by atomic mass is 16.5. The summed E-state index contributed by atoms with van der Waals surface area (Å²) < 4.78 is 13.6. The lowest BCUT2D eigenvalue weighted by Gasteiger charge is -2.13. The first-order valence-electron chi connectivity index (χ1n) is 11.2. The van der Waals surface area contributed by atoms with E-state index in [1.807, 2.05) is 43.3 Å². The Kier molecular flexibility index (Phi) is 8.76. The molecule has 0 bridgehead atoms. The summed E-state index contributed by atoms with van der Waals surface area (Å²) in [6.07, 6.45) is 5.51. The van der Waals surface area contributed by atoms with Gasteiger partial charge in [0.05, 0.1) is 24.7 Å². The maximum absolute atomic E-state index is 11.5. The first-order chi connectivity index (χ1) is 15.2. The van der Waals surface area contributed by atoms with Gasteiger partial charge in [-0.1, -0.05) is 37.6 Å². The number of carbonyl (C=O) groups is 1. The van der Waals surface area contributed by atoms with Crippen molar-refractivity contribution in [3.8, 4) is 11.5 Å². The molecule has 0 saturated carbocycles. The lowest BCUT2D eigenvalue weighted by molar-refractivity contribution is -0.121. The van der Waals surface area contributed by atoms with E-state index in [9.17, 15) is 4.79 Å². The van der Waals surface area contributed by atoms with E-state index >= 15 is 0 Å². The van der Waals surface area contributed by atoms with Crippen LogP contribution in [0.4, 0.5) is 0 Å². The number of aromatic nitrogens is 2. The van der Waals surface area contributed by atoms with Crippen LogP contribution in [0.25, 0.3) is 11.0 Å². The van der Waals surface area contributed by atoms with Crippen molar-refractivity contribution in [2.75, 3.05) is 20.3 Å². The molecule has 0 aliphatic rings. The summed E-state index contributed by atoms with van der Waals surface area (Å²) in [5.74, 6) is 2.73. The second kappa shape index (κ2) is 12.0. The fourth-order valence-electron chi connectivity index (χ4n) is 3.68. The zero-order valence-electron chi connectivity index (χ0n) is 18.6. The molecule has 0 radical (unpaired) electrons. The van der Waals surface area contributed by atoms with Crippen LogP contribution in [-0.2, 0) is 17.8 Å². The van der Waals surface area contributed by atoms with Crippen LogP contribution in [0, 0.1) is 0 Å². The normalized spacial score (nSPS) is 10.9. The Morgan fingerprint density at radius 1 is 1.03 bits per heavy atom. The first kappa shape index (κ1) is 22.7. The summed E-state index contributed by atoms with van der Waals surface area (Å²) in [6.45, 7) is 4.03. The van der Waals surface area contributed by atoms with E-state index in [0.717, 1.165) is 73.6 Å². The number of amides is 1. The molecule has 0 atom stereocenters. The Hall–Kier alpha value is -3.02. The molecule has 0 spiro atoms. The number of hydrogen-bond acceptors (Lipinski definition) is 4. The third-order valence-corrected chi connectivity index (χ3v) is 5.25. The van der Waals surface area contributed by atoms with E-state index in [0.29, 0.717) is 13.0 Å². The first-order valence-corrected chi connectivity index (χ1v) is 11.2. The quantitative estimate of drug-likeness (QED) is 0.403. The van der Waals surface area contributed by atoms with Crippen LogP contribution >= 0.6 is 0 Å². The molecule has 0 fully saturated rings. The topological polar surface area (TPSA) is 65.4 Å². The molecule has 0 saturated heterocycles. The molecule has 6 heteroatoms. The second-order valence-corrected chi connectivity index (χ2v) is 7.58. The van der Waals surface area contributed by atoms with Gasteiger partial charge in [0.25, 0.3) is 0 Å². The highest BCUT2D eigenvalue weighted by molar-refractivity contribution is 5.76. The molecule has 1 aromatic heterocycles. The molecule has 3 rings (SSSR count). The van der Waals surface area contributed by atoms with Crippen molar-refractivity contribution in [1.29, 1.82) is 0 Å². The summed E-state index contributed by atoms with van der Waals surface area (Å²) in [5, 5.41) is 2.98. The van der Waals surface area contributed by atoms with Crippen LogP contribution in [0.1, 0.15) is 44.9 Å². The number of nitrogens with one attached hydrogen (secondary N) is 1. The number of benzene rings is 2. The van der Waals surface area contributed by atoms with Gasteiger partial charge in [-0.25, -0.2) is 4.98 Å². The number of methoxy groups -OCH3 is 1. The molecule has 166 valence electrons. The largest absolute Gasteiger partial charge is 0.493 e. The minimum Gasteiger partial charge on any atom is -0.493 e. The number of nitrogens with zero attached hydrogens (tertiary/aromatic N) is 2. The molecule has 0 aliphatic carbocycles. The number of hydrogen-bond donors (Lipinski definition) is 1. The van der Waals surface area contributed by atoms with Gasteiger partial charge < -0.3 is 19.4 Å². The van der Waals surface area contributed by atoms with Crippen LogP contribution in [-0.4, -0.2) is 35.7 Å². The summed E-state index contributed by atoms with van der Waals surface area (Å²) in [4.78, 5) is 16.4. The molecule has 31 heavy (non-hydrogen) atoms. The maximum atomic E-state index is 11.5. The fourth-order valence-corrected chi connectivity index (χ4v) is 3.68. The SMILES string of the molecule is CCCC(=O)NCCCCCc1nc2ccccc2n1CCOc1ccccc1OC. The lowest BCUT2D eigenvalue weighted by Crippen LogP contribution is -2.23. The number of rotatable bonds is 13. The van der Waals surface area contributed by atoms with E-state index in [2.05, 4.69) is 22.0 Å². The van der Waals surface area contributed by atoms with E-state index in [1.165, 1.54) is 0 Å². The minimum absolute atomic E-state index is 0.152. The predicted octanol–water partition coefficient (Wildman–Crippen LogP) is 4.75. The van der Waals surface area contributed by atoms with Crippen molar-refractivity contribution in [2.45, 2.75) is 52.0 Å². The Balaban J connectivity index is 1.55. The smallest absolute Gasteiger partial charge is 0.219 e. The van der Waals surface area contributed by atoms with E-state index < -0.39 is 0 Å². The van der Waals surface area contributed by atoms with E-state index in [-0.39, 0.29) is 5.91 Å². The van der Waals surface area contributed by atoms with Gasteiger partial charge in [0.2, 0.25) is 5.91 Å². The van der Waals surface area contributed by atoms with Crippen LogP contribution in [0.15, 0.2) is 48.5 Å². The van der Waals surface area contributed by atoms with Crippen LogP contribution in [0.2, 0.25) is 0 Å². The molecular formula is C25H33N3O3. The van der Waals surface area contributed by atoms with Gasteiger partial charge in [-0.05, 0) is 43.5 Å². The molecular weight excluding hydrogens is 390 g/mol. The van der Waals surface area contributed by atoms with Crippen molar-refractivity contribution in [3.63, 3.8) is 0 Å². The predicted molar refractivity (Wildman–Crippen MR) is 124 cm³/mol. The molecule has 2 aromatic carbocycles. The summed E-state index contributed by atoms with van der Waals surface area (Å²) in [7, 11) is 1.65. The van der Waals surface area contributed by atoms with Crippen molar-refractivity contribution < 1.29 is 14.3 Å². The summed E-state index contributed by atoms with van der Waals surface area (Å²) in [5.41, 5.74) is 2.15. The standard InChI is InChI=1S/C25H33N3O3/c1-3-11-25(29)26-17-10-4-5-16-24-27-20-12-6-7-13-21(20)28(24)18-19-31-23-15-9-8-14-22(23)30-2/h6-9,12-15H,3-5,10-11,16-19H2,1-2H3,(H,26,29). The number of imidazole rings is 1. The lowest BCUT2D eigenvalue weighted by atomic mass is 10.2. The van der Waals surface area contributed by atoms with Crippen LogP contribution in [0.3, 0.4) is 0 Å². The number of para-hydroxylation sites is 4. The molecule has 0 unspecified atom stereocenters. The van der Waals surface area contributed by atoms with Crippen LogP contribution in [0.5, 0.6) is 11.5 Å². The summed E-state index contributed by atoms with van der Waals surface area (Å²) >= 11 is 0. The van der Waals surface area contributed by atoms with Crippen LogP contribution < -0.4 is 14.8 Å². The number of unbranched alkanes of at least 4 members (excludes halogenated alkanes) is 2. The Labute approximate surface area is 184 Å². The number of ether oxygens (including phenoxy) is 2. The van der Waals surface area contributed by atoms with Gasteiger partial charge in [-0.2, -0.15) is 0 Å². The molecule has 1 N–H and O–H groups in total. The van der Waals surface area contributed by atoms with Gasteiger partial charge in [-0.15, -0.1) is 0 Å². The Morgan fingerprint density at radius 3 is 2.61 bits per heavy atom. The van der Waals surface area contributed by atoms with Gasteiger partial charge in [0, 0.05) is 19.4 Å². The Morgan fingerprint density at radius 2 is 1.81 bits per heavy atom. The van der Waals surface area contributed by atoms with Crippen molar-refractivity contribution in [2.24, 2.45) is 0 Å². The number of aryl methyl sites for hydroxylation is 1. The third-order valence-electron chi connectivity index (χ3n) is 5.25. The second-order valence-electron chi connectivity index (χ2n) is 7.58. The van der Waals surface area contributed by atoms with E-state index in [1.54, 1.807) is 7.11 Å². The Bertz CT molecular complexity index is 968. The minimum atomic E-state index is 0.152. The summed E-state index contributed by atoms with van der Waals surface area (Å²) in [6, 6.07) is 15.9. The van der Waals surface area contributed by atoms with Gasteiger partial charge in [0.1, 0.15) is 12.4 Å². The van der Waals surface area contributed by atoms with E-state index in [4.69, 9.17) is 14.5 Å². The van der Waals surface area contributed by atoms with Gasteiger partial charge >= 0.3 is 0 Å².